The molecule has 1 aromatic heterocycles. The van der Waals surface area contributed by atoms with Gasteiger partial charge >= 0.3 is 0 Å². The molecule has 3 rings (SSSR count). The van der Waals surface area contributed by atoms with E-state index >= 15 is 0 Å². The van der Waals surface area contributed by atoms with Gasteiger partial charge in [0, 0.05) is 30.0 Å². The normalized spacial score (nSPS) is 14.4. The molecular formula is C17H22N4O. The molecule has 2 N–H and O–H groups in total. The molecule has 0 saturated carbocycles. The Morgan fingerprint density at radius 3 is 3.00 bits per heavy atom. The van der Waals surface area contributed by atoms with E-state index in [1.165, 1.54) is 11.3 Å². The summed E-state index contributed by atoms with van der Waals surface area (Å²) < 4.78 is 2.02. The molecule has 0 unspecified atom stereocenters. The van der Waals surface area contributed by atoms with Crippen LogP contribution in [0.1, 0.15) is 44.0 Å². The third-order valence-corrected chi connectivity index (χ3v) is 3.94. The van der Waals surface area contributed by atoms with Gasteiger partial charge in [0.1, 0.15) is 0 Å². The number of hydrogen-bond acceptors (Lipinski definition) is 3. The molecule has 0 atom stereocenters. The highest BCUT2D eigenvalue weighted by atomic mass is 16.1. The zero-order chi connectivity index (χ0) is 15.5. The number of anilines is 2. The lowest BCUT2D eigenvalue weighted by atomic mass is 10.1. The number of fused-ring (bicyclic) bond motifs is 1. The molecule has 1 aromatic carbocycles. The van der Waals surface area contributed by atoms with E-state index in [2.05, 4.69) is 35.6 Å². The molecule has 0 aliphatic carbocycles. The summed E-state index contributed by atoms with van der Waals surface area (Å²) in [5, 5.41) is 10.8. The SMILES string of the molecule is CC(C)n1nccc1CNc1ccc2c(c1)CCCC(=O)N2. The maximum atomic E-state index is 11.6. The molecule has 0 radical (unpaired) electrons. The van der Waals surface area contributed by atoms with Gasteiger partial charge in [-0.2, -0.15) is 5.10 Å². The standard InChI is InChI=1S/C17H22N4O/c1-12(2)21-15(8-9-19-21)11-18-14-6-7-16-13(10-14)4-3-5-17(22)20-16/h6-10,12,18H,3-5,11H2,1-2H3,(H,20,22). The molecule has 1 aliphatic rings. The minimum absolute atomic E-state index is 0.111. The lowest BCUT2D eigenvalue weighted by molar-refractivity contribution is -0.116. The Morgan fingerprint density at radius 1 is 1.32 bits per heavy atom. The van der Waals surface area contributed by atoms with E-state index in [0.717, 1.165) is 30.8 Å². The topological polar surface area (TPSA) is 59.0 Å². The number of nitrogens with zero attached hydrogens (tertiary/aromatic N) is 2. The minimum Gasteiger partial charge on any atom is -0.379 e. The maximum absolute atomic E-state index is 11.6. The zero-order valence-corrected chi connectivity index (χ0v) is 13.1. The molecule has 116 valence electrons. The summed E-state index contributed by atoms with van der Waals surface area (Å²) in [7, 11) is 0. The predicted molar refractivity (Wildman–Crippen MR) is 87.9 cm³/mol. The number of benzene rings is 1. The Bertz CT molecular complexity index is 675. The highest BCUT2D eigenvalue weighted by Crippen LogP contribution is 2.25. The molecule has 1 amide bonds. The lowest BCUT2D eigenvalue weighted by Gasteiger charge is -2.14. The summed E-state index contributed by atoms with van der Waals surface area (Å²) in [4.78, 5) is 11.6. The van der Waals surface area contributed by atoms with Gasteiger partial charge in [-0.3, -0.25) is 9.48 Å². The predicted octanol–water partition coefficient (Wildman–Crippen LogP) is 3.35. The number of amides is 1. The van der Waals surface area contributed by atoms with Gasteiger partial charge in [0.25, 0.3) is 0 Å². The van der Waals surface area contributed by atoms with Crippen molar-refractivity contribution in [1.82, 2.24) is 9.78 Å². The number of carbonyl (C=O) groups excluding carboxylic acids is 1. The van der Waals surface area contributed by atoms with E-state index in [4.69, 9.17) is 0 Å². The smallest absolute Gasteiger partial charge is 0.224 e. The third kappa shape index (κ3) is 3.13. The second-order valence-electron chi connectivity index (χ2n) is 5.99. The van der Waals surface area contributed by atoms with Gasteiger partial charge < -0.3 is 10.6 Å². The van der Waals surface area contributed by atoms with E-state index in [1.807, 2.05) is 29.1 Å². The Hall–Kier alpha value is -2.30. The number of carbonyl (C=O) groups is 1. The Kier molecular flexibility index (Phi) is 4.13. The van der Waals surface area contributed by atoms with Gasteiger partial charge in [-0.25, -0.2) is 0 Å². The van der Waals surface area contributed by atoms with Crippen LogP contribution in [0.5, 0.6) is 0 Å². The van der Waals surface area contributed by atoms with E-state index < -0.39 is 0 Å². The van der Waals surface area contributed by atoms with Crippen molar-refractivity contribution in [3.63, 3.8) is 0 Å². The molecular weight excluding hydrogens is 276 g/mol. The van der Waals surface area contributed by atoms with E-state index in [-0.39, 0.29) is 5.91 Å². The first-order chi connectivity index (χ1) is 10.6. The summed E-state index contributed by atoms with van der Waals surface area (Å²) in [6, 6.07) is 8.53. The minimum atomic E-state index is 0.111. The van der Waals surface area contributed by atoms with Crippen LogP contribution in [-0.2, 0) is 17.8 Å². The molecule has 0 spiro atoms. The van der Waals surface area contributed by atoms with Crippen LogP contribution < -0.4 is 10.6 Å². The summed E-state index contributed by atoms with van der Waals surface area (Å²) in [6.07, 6.45) is 4.28. The summed E-state index contributed by atoms with van der Waals surface area (Å²) in [6.45, 7) is 4.99. The van der Waals surface area contributed by atoms with Crippen molar-refractivity contribution in [2.24, 2.45) is 0 Å². The zero-order valence-electron chi connectivity index (χ0n) is 13.1. The second-order valence-corrected chi connectivity index (χ2v) is 5.99. The molecule has 2 aromatic rings. The largest absolute Gasteiger partial charge is 0.379 e. The van der Waals surface area contributed by atoms with Gasteiger partial charge in [-0.05, 0) is 56.5 Å². The fourth-order valence-corrected chi connectivity index (χ4v) is 2.82. The molecule has 0 bridgehead atoms. The highest BCUT2D eigenvalue weighted by molar-refractivity contribution is 5.92. The molecule has 0 fully saturated rings. The van der Waals surface area contributed by atoms with Crippen LogP contribution >= 0.6 is 0 Å². The number of hydrogen-bond donors (Lipinski definition) is 2. The van der Waals surface area contributed by atoms with Crippen molar-refractivity contribution < 1.29 is 4.79 Å². The van der Waals surface area contributed by atoms with Gasteiger partial charge in [0.15, 0.2) is 0 Å². The third-order valence-electron chi connectivity index (χ3n) is 3.94. The lowest BCUT2D eigenvalue weighted by Crippen LogP contribution is -2.11. The number of aromatic nitrogens is 2. The molecule has 5 heteroatoms. The number of aryl methyl sites for hydroxylation is 1. The summed E-state index contributed by atoms with van der Waals surface area (Å²) in [5.41, 5.74) is 4.39. The Morgan fingerprint density at radius 2 is 2.18 bits per heavy atom. The molecule has 22 heavy (non-hydrogen) atoms. The Labute approximate surface area is 130 Å². The van der Waals surface area contributed by atoms with Gasteiger partial charge in [-0.15, -0.1) is 0 Å². The Balaban J connectivity index is 1.72. The fraction of sp³-hybridized carbons (Fsp3) is 0.412. The molecule has 0 saturated heterocycles. The number of rotatable bonds is 4. The van der Waals surface area contributed by atoms with Crippen LogP contribution in [0, 0.1) is 0 Å². The van der Waals surface area contributed by atoms with E-state index in [1.54, 1.807) is 0 Å². The van der Waals surface area contributed by atoms with Crippen molar-refractivity contribution >= 4 is 17.3 Å². The van der Waals surface area contributed by atoms with Crippen molar-refractivity contribution in [3.8, 4) is 0 Å². The summed E-state index contributed by atoms with van der Waals surface area (Å²) >= 11 is 0. The quantitative estimate of drug-likeness (QED) is 0.910. The average molecular weight is 298 g/mol. The van der Waals surface area contributed by atoms with Gasteiger partial charge in [0.2, 0.25) is 5.91 Å². The van der Waals surface area contributed by atoms with Crippen molar-refractivity contribution in [2.45, 2.75) is 45.7 Å². The van der Waals surface area contributed by atoms with Gasteiger partial charge in [0.05, 0.1) is 12.2 Å². The second kappa shape index (κ2) is 6.22. The van der Waals surface area contributed by atoms with E-state index in [9.17, 15) is 4.79 Å². The maximum Gasteiger partial charge on any atom is 0.224 e. The van der Waals surface area contributed by atoms with Crippen LogP contribution in [0.3, 0.4) is 0 Å². The van der Waals surface area contributed by atoms with Crippen LogP contribution in [0.25, 0.3) is 0 Å². The monoisotopic (exact) mass is 298 g/mol. The molecule has 2 heterocycles. The first-order valence-corrected chi connectivity index (χ1v) is 7.82. The van der Waals surface area contributed by atoms with Crippen molar-refractivity contribution in [2.75, 3.05) is 10.6 Å². The fourth-order valence-electron chi connectivity index (χ4n) is 2.82. The van der Waals surface area contributed by atoms with Crippen molar-refractivity contribution in [1.29, 1.82) is 0 Å². The van der Waals surface area contributed by atoms with Crippen molar-refractivity contribution in [3.05, 3.63) is 41.7 Å². The van der Waals surface area contributed by atoms with Crippen LogP contribution in [0.2, 0.25) is 0 Å². The first kappa shape index (κ1) is 14.6. The van der Waals surface area contributed by atoms with Crippen LogP contribution in [0.15, 0.2) is 30.5 Å². The molecule has 5 nitrogen and oxygen atoms in total. The average Bonchev–Trinajstić information content (AvgIpc) is 2.88. The van der Waals surface area contributed by atoms with Gasteiger partial charge in [-0.1, -0.05) is 0 Å². The van der Waals surface area contributed by atoms with Crippen LogP contribution in [-0.4, -0.2) is 15.7 Å². The number of nitrogens with one attached hydrogen (secondary N) is 2. The van der Waals surface area contributed by atoms with E-state index in [0.29, 0.717) is 12.5 Å². The first-order valence-electron chi connectivity index (χ1n) is 7.82. The molecule has 1 aliphatic heterocycles. The summed E-state index contributed by atoms with van der Waals surface area (Å²) in [5.74, 6) is 0.111. The highest BCUT2D eigenvalue weighted by Gasteiger charge is 2.13. The van der Waals surface area contributed by atoms with Crippen LogP contribution in [0.4, 0.5) is 11.4 Å².